The SMILES string of the molecule is O=C(CSCC1CC1)N1CCc2nc(-c3ccc(F)cc3F)[nH]c2C1. The first-order valence-corrected chi connectivity index (χ1v) is 9.64. The zero-order valence-electron chi connectivity index (χ0n) is 13.7. The average Bonchev–Trinajstić information content (AvgIpc) is 3.31. The first kappa shape index (κ1) is 16.6. The van der Waals surface area contributed by atoms with Gasteiger partial charge < -0.3 is 9.88 Å². The number of aromatic amines is 1. The molecular formula is C18H19F2N3OS. The molecular weight excluding hydrogens is 344 g/mol. The smallest absolute Gasteiger partial charge is 0.232 e. The number of halogens is 2. The molecule has 2 aromatic rings. The van der Waals surface area contributed by atoms with E-state index in [4.69, 9.17) is 0 Å². The fourth-order valence-corrected chi connectivity index (χ4v) is 4.15. The Morgan fingerprint density at radius 1 is 1.36 bits per heavy atom. The molecule has 1 N–H and O–H groups in total. The number of aromatic nitrogens is 2. The predicted octanol–water partition coefficient (Wildman–Crippen LogP) is 3.38. The Hall–Kier alpha value is -1.89. The molecule has 1 amide bonds. The molecule has 0 radical (unpaired) electrons. The maximum absolute atomic E-state index is 13.9. The van der Waals surface area contributed by atoms with Crippen LogP contribution >= 0.6 is 11.8 Å². The summed E-state index contributed by atoms with van der Waals surface area (Å²) in [6.45, 7) is 1.10. The molecule has 1 aliphatic carbocycles. The Balaban J connectivity index is 1.44. The summed E-state index contributed by atoms with van der Waals surface area (Å²) < 4.78 is 27.0. The monoisotopic (exact) mass is 363 g/mol. The maximum atomic E-state index is 13.9. The normalized spacial score (nSPS) is 16.8. The molecule has 1 aromatic heterocycles. The van der Waals surface area contributed by atoms with Crippen LogP contribution < -0.4 is 0 Å². The second kappa shape index (κ2) is 6.78. The Morgan fingerprint density at radius 2 is 2.20 bits per heavy atom. The number of nitrogens with zero attached hydrogens (tertiary/aromatic N) is 2. The molecule has 0 unspecified atom stereocenters. The summed E-state index contributed by atoms with van der Waals surface area (Å²) >= 11 is 1.71. The van der Waals surface area contributed by atoms with Gasteiger partial charge in [-0.05, 0) is 36.6 Å². The van der Waals surface area contributed by atoms with Crippen LogP contribution in [-0.4, -0.2) is 38.8 Å². The average molecular weight is 363 g/mol. The number of imidazole rings is 1. The highest BCUT2D eigenvalue weighted by Gasteiger charge is 2.26. The number of hydrogen-bond acceptors (Lipinski definition) is 3. The van der Waals surface area contributed by atoms with E-state index in [2.05, 4.69) is 9.97 Å². The molecule has 0 bridgehead atoms. The van der Waals surface area contributed by atoms with Gasteiger partial charge in [-0.1, -0.05) is 0 Å². The van der Waals surface area contributed by atoms with Crippen molar-refractivity contribution in [3.63, 3.8) is 0 Å². The van der Waals surface area contributed by atoms with Crippen LogP contribution in [0.4, 0.5) is 8.78 Å². The lowest BCUT2D eigenvalue weighted by Crippen LogP contribution is -2.37. The van der Waals surface area contributed by atoms with Gasteiger partial charge >= 0.3 is 0 Å². The van der Waals surface area contributed by atoms with Crippen molar-refractivity contribution in [3.05, 3.63) is 41.2 Å². The summed E-state index contributed by atoms with van der Waals surface area (Å²) in [5, 5.41) is 0. The lowest BCUT2D eigenvalue weighted by molar-refractivity contribution is -0.129. The van der Waals surface area contributed by atoms with Crippen LogP contribution in [0.5, 0.6) is 0 Å². The van der Waals surface area contributed by atoms with Crippen LogP contribution in [0.15, 0.2) is 18.2 Å². The van der Waals surface area contributed by atoms with Crippen LogP contribution in [0.2, 0.25) is 0 Å². The highest BCUT2D eigenvalue weighted by atomic mass is 32.2. The van der Waals surface area contributed by atoms with Crippen LogP contribution in [0, 0.1) is 17.6 Å². The molecule has 0 atom stereocenters. The lowest BCUT2D eigenvalue weighted by Gasteiger charge is -2.26. The van der Waals surface area contributed by atoms with Crippen molar-refractivity contribution in [2.75, 3.05) is 18.1 Å². The number of nitrogens with one attached hydrogen (secondary N) is 1. The molecule has 132 valence electrons. The summed E-state index contributed by atoms with van der Waals surface area (Å²) in [4.78, 5) is 21.7. The van der Waals surface area contributed by atoms with Crippen molar-refractivity contribution in [2.45, 2.75) is 25.8 Å². The van der Waals surface area contributed by atoms with Gasteiger partial charge in [0.1, 0.15) is 17.5 Å². The summed E-state index contributed by atoms with van der Waals surface area (Å²) in [7, 11) is 0. The van der Waals surface area contributed by atoms with Gasteiger partial charge in [0.2, 0.25) is 5.91 Å². The molecule has 25 heavy (non-hydrogen) atoms. The second-order valence-electron chi connectivity index (χ2n) is 6.66. The minimum absolute atomic E-state index is 0.139. The number of carbonyl (C=O) groups excluding carboxylic acids is 1. The number of benzene rings is 1. The molecule has 2 aliphatic rings. The van der Waals surface area contributed by atoms with Crippen molar-refractivity contribution in [3.8, 4) is 11.4 Å². The van der Waals surface area contributed by atoms with E-state index in [1.54, 1.807) is 11.8 Å². The van der Waals surface area contributed by atoms with Crippen molar-refractivity contribution < 1.29 is 13.6 Å². The maximum Gasteiger partial charge on any atom is 0.232 e. The molecule has 4 rings (SSSR count). The fourth-order valence-electron chi connectivity index (χ4n) is 3.00. The van der Waals surface area contributed by atoms with Crippen molar-refractivity contribution in [2.24, 2.45) is 5.92 Å². The number of thioether (sulfide) groups is 1. The Labute approximate surface area is 149 Å². The van der Waals surface area contributed by atoms with Crippen molar-refractivity contribution in [1.82, 2.24) is 14.9 Å². The van der Waals surface area contributed by atoms with Crippen LogP contribution in [0.1, 0.15) is 24.2 Å². The van der Waals surface area contributed by atoms with Gasteiger partial charge in [0.25, 0.3) is 0 Å². The number of carbonyl (C=O) groups is 1. The summed E-state index contributed by atoms with van der Waals surface area (Å²) in [5.74, 6) is 1.67. The first-order chi connectivity index (χ1) is 12.1. The van der Waals surface area contributed by atoms with Gasteiger partial charge in [-0.2, -0.15) is 11.8 Å². The molecule has 0 spiro atoms. The van der Waals surface area contributed by atoms with Gasteiger partial charge in [0.05, 0.1) is 29.2 Å². The number of fused-ring (bicyclic) bond motifs is 1. The van der Waals surface area contributed by atoms with Gasteiger partial charge in [-0.15, -0.1) is 0 Å². The van der Waals surface area contributed by atoms with E-state index in [1.807, 2.05) is 4.90 Å². The molecule has 1 saturated carbocycles. The third-order valence-corrected chi connectivity index (χ3v) is 5.81. The van der Waals surface area contributed by atoms with E-state index in [1.165, 1.54) is 25.0 Å². The van der Waals surface area contributed by atoms with Crippen LogP contribution in [0.25, 0.3) is 11.4 Å². The fraction of sp³-hybridized carbons (Fsp3) is 0.444. The largest absolute Gasteiger partial charge is 0.340 e. The highest BCUT2D eigenvalue weighted by Crippen LogP contribution is 2.32. The highest BCUT2D eigenvalue weighted by molar-refractivity contribution is 7.99. The van der Waals surface area contributed by atoms with Gasteiger partial charge in [0.15, 0.2) is 0 Å². The number of H-pyrrole nitrogens is 1. The molecule has 7 heteroatoms. The zero-order chi connectivity index (χ0) is 17.4. The Bertz CT molecular complexity index is 804. The quantitative estimate of drug-likeness (QED) is 0.886. The Kier molecular flexibility index (Phi) is 4.50. The Morgan fingerprint density at radius 3 is 2.96 bits per heavy atom. The molecule has 2 heterocycles. The van der Waals surface area contributed by atoms with Crippen molar-refractivity contribution >= 4 is 17.7 Å². The van der Waals surface area contributed by atoms with E-state index >= 15 is 0 Å². The number of hydrogen-bond donors (Lipinski definition) is 1. The van der Waals surface area contributed by atoms with Gasteiger partial charge in [-0.25, -0.2) is 13.8 Å². The zero-order valence-corrected chi connectivity index (χ0v) is 14.5. The van der Waals surface area contributed by atoms with Crippen LogP contribution in [-0.2, 0) is 17.8 Å². The summed E-state index contributed by atoms with van der Waals surface area (Å²) in [6, 6.07) is 3.45. The number of rotatable bonds is 5. The first-order valence-electron chi connectivity index (χ1n) is 8.49. The molecule has 1 fully saturated rings. The van der Waals surface area contributed by atoms with Gasteiger partial charge in [-0.3, -0.25) is 4.79 Å². The van der Waals surface area contributed by atoms with E-state index in [0.717, 1.165) is 29.1 Å². The minimum atomic E-state index is -0.643. The predicted molar refractivity (Wildman–Crippen MR) is 93.1 cm³/mol. The van der Waals surface area contributed by atoms with E-state index < -0.39 is 11.6 Å². The van der Waals surface area contributed by atoms with Crippen LogP contribution in [0.3, 0.4) is 0 Å². The topological polar surface area (TPSA) is 49.0 Å². The minimum Gasteiger partial charge on any atom is -0.340 e. The third kappa shape index (κ3) is 3.71. The lowest BCUT2D eigenvalue weighted by atomic mass is 10.1. The third-order valence-electron chi connectivity index (χ3n) is 4.65. The van der Waals surface area contributed by atoms with Crippen molar-refractivity contribution in [1.29, 1.82) is 0 Å². The van der Waals surface area contributed by atoms with E-state index in [0.29, 0.717) is 31.1 Å². The molecule has 0 saturated heterocycles. The summed E-state index contributed by atoms with van der Waals surface area (Å²) in [6.07, 6.45) is 3.24. The number of amides is 1. The van der Waals surface area contributed by atoms with E-state index in [-0.39, 0.29) is 11.5 Å². The molecule has 1 aliphatic heterocycles. The summed E-state index contributed by atoms with van der Waals surface area (Å²) in [5.41, 5.74) is 1.94. The second-order valence-corrected chi connectivity index (χ2v) is 7.69. The molecule has 4 nitrogen and oxygen atoms in total. The van der Waals surface area contributed by atoms with E-state index in [9.17, 15) is 13.6 Å². The standard InChI is InChI=1S/C18H19F2N3OS/c19-12-3-4-13(14(20)7-12)18-21-15-5-6-23(8-16(15)22-18)17(24)10-25-9-11-1-2-11/h3-4,7,11H,1-2,5-6,8-10H2,(H,21,22). The van der Waals surface area contributed by atoms with Gasteiger partial charge in [0, 0.05) is 19.0 Å². The molecule has 1 aromatic carbocycles.